The van der Waals surface area contributed by atoms with Gasteiger partial charge in [-0.2, -0.15) is 0 Å². The fourth-order valence-corrected chi connectivity index (χ4v) is 14.7. The van der Waals surface area contributed by atoms with Gasteiger partial charge in [0, 0.05) is 12.8 Å². The minimum atomic E-state index is -4.64. The van der Waals surface area contributed by atoms with E-state index in [2.05, 4.69) is 13.8 Å². The van der Waals surface area contributed by atoms with Crippen LogP contribution in [0.4, 0.5) is 0 Å². The number of carbonyl (C=O) groups excluding carboxylic acids is 2. The molecule has 0 aliphatic heterocycles. The highest BCUT2D eigenvalue weighted by Gasteiger charge is 2.22. The first-order valence-electron chi connectivity index (χ1n) is 43.7. The molecule has 0 heterocycles. The van der Waals surface area contributed by atoms with Crippen LogP contribution >= 0.6 is 7.82 Å². The zero-order chi connectivity index (χ0) is 69.7. The van der Waals surface area contributed by atoms with Gasteiger partial charge in [-0.05, 0) is 12.8 Å². The number of quaternary nitrogens is 1. The molecule has 0 amide bonds. The molecule has 0 aliphatic carbocycles. The van der Waals surface area contributed by atoms with Gasteiger partial charge in [0.25, 0.3) is 7.82 Å². The van der Waals surface area contributed by atoms with E-state index < -0.39 is 26.5 Å². The standard InChI is InChI=1S/C86H172NO8P/c1-6-8-10-12-14-16-18-20-22-24-26-28-30-32-34-36-38-40-42-43-44-45-47-49-51-53-55-57-59-61-63-65-67-69-71-73-75-77-79-86(89)95-84(83-94-96(90,91)93-81-80-87(3,4)5)82-92-85(88)78-76-74-72-70-68-66-64-62-60-58-56-54-52-50-48-46-41-39-37-35-33-31-29-27-25-23-21-19-17-15-13-11-9-7-2/h84H,6-83H2,1-5H3. The molecule has 0 fully saturated rings. The molecule has 574 valence electrons. The Balaban J connectivity index is 3.83. The fourth-order valence-electron chi connectivity index (χ4n) is 14.0. The van der Waals surface area contributed by atoms with Crippen LogP contribution in [-0.4, -0.2) is 70.0 Å². The summed E-state index contributed by atoms with van der Waals surface area (Å²) in [4.78, 5) is 38.2. The van der Waals surface area contributed by atoms with Crippen molar-refractivity contribution in [1.82, 2.24) is 0 Å². The molecule has 0 N–H and O–H groups in total. The van der Waals surface area contributed by atoms with E-state index in [0.29, 0.717) is 17.4 Å². The zero-order valence-electron chi connectivity index (χ0n) is 65.9. The van der Waals surface area contributed by atoms with E-state index in [1.54, 1.807) is 0 Å². The van der Waals surface area contributed by atoms with Gasteiger partial charge in [-0.3, -0.25) is 14.2 Å². The molecule has 0 aromatic carbocycles. The molecular formula is C86H172NO8P. The SMILES string of the molecule is CCCCCCCCCCCCCCCCCCCCCCCCCCCCCCCCCCCCCCCCC(=O)OC(COC(=O)CCCCCCCCCCCCCCCCCCCCCCCCCCCCCCCCCCCC)COP(=O)([O-])OCC[N+](C)(C)C. The van der Waals surface area contributed by atoms with Gasteiger partial charge in [0.15, 0.2) is 6.10 Å². The van der Waals surface area contributed by atoms with Gasteiger partial charge < -0.3 is 27.9 Å². The number of carbonyl (C=O) groups is 2. The molecule has 0 rings (SSSR count). The molecule has 10 heteroatoms. The largest absolute Gasteiger partial charge is 0.756 e. The van der Waals surface area contributed by atoms with E-state index in [1.165, 1.54) is 424 Å². The topological polar surface area (TPSA) is 111 Å². The van der Waals surface area contributed by atoms with E-state index in [9.17, 15) is 19.0 Å². The Kier molecular flexibility index (Phi) is 77.3. The van der Waals surface area contributed by atoms with Crippen LogP contribution in [0.25, 0.3) is 0 Å². The first-order valence-corrected chi connectivity index (χ1v) is 45.2. The summed E-state index contributed by atoms with van der Waals surface area (Å²) in [6, 6.07) is 0. The molecule has 0 spiro atoms. The summed E-state index contributed by atoms with van der Waals surface area (Å²) in [5.41, 5.74) is 0. The molecule has 0 aromatic rings. The Morgan fingerprint density at radius 1 is 0.281 bits per heavy atom. The molecule has 0 aromatic heterocycles. The Bertz CT molecular complexity index is 1570. The van der Waals surface area contributed by atoms with Crippen molar-refractivity contribution in [2.75, 3.05) is 47.5 Å². The summed E-state index contributed by atoms with van der Waals surface area (Å²) in [7, 11) is 1.20. The number of nitrogens with zero attached hydrogens (tertiary/aromatic N) is 1. The van der Waals surface area contributed by atoms with Crippen molar-refractivity contribution in [3.8, 4) is 0 Å². The molecular weight excluding hydrogens is 1210 g/mol. The van der Waals surface area contributed by atoms with Crippen molar-refractivity contribution < 1.29 is 42.1 Å². The first kappa shape index (κ1) is 95.0. The summed E-state index contributed by atoms with van der Waals surface area (Å²) in [6.45, 7) is 4.36. The number of esters is 2. The third-order valence-electron chi connectivity index (χ3n) is 20.6. The molecule has 0 radical (unpaired) electrons. The van der Waals surface area contributed by atoms with Gasteiger partial charge in [-0.25, -0.2) is 0 Å². The van der Waals surface area contributed by atoms with Crippen molar-refractivity contribution >= 4 is 19.8 Å². The van der Waals surface area contributed by atoms with Crippen LogP contribution in [0.1, 0.15) is 489 Å². The van der Waals surface area contributed by atoms with E-state index in [-0.39, 0.29) is 32.0 Å². The van der Waals surface area contributed by atoms with Crippen molar-refractivity contribution in [2.24, 2.45) is 0 Å². The van der Waals surface area contributed by atoms with Crippen LogP contribution in [0, 0.1) is 0 Å². The van der Waals surface area contributed by atoms with E-state index >= 15 is 0 Å². The molecule has 2 unspecified atom stereocenters. The lowest BCUT2D eigenvalue weighted by molar-refractivity contribution is -0.870. The molecule has 0 bridgehead atoms. The smallest absolute Gasteiger partial charge is 0.306 e. The minimum absolute atomic E-state index is 0.0246. The average Bonchev–Trinajstić information content (AvgIpc) is 2.16. The van der Waals surface area contributed by atoms with Crippen molar-refractivity contribution in [3.63, 3.8) is 0 Å². The summed E-state index contributed by atoms with van der Waals surface area (Å²) in [6.07, 6.45) is 98.5. The molecule has 9 nitrogen and oxygen atoms in total. The number of hydrogen-bond acceptors (Lipinski definition) is 8. The number of unbranched alkanes of at least 4 members (excludes halogenated alkanes) is 70. The molecule has 0 saturated carbocycles. The predicted octanol–water partition coefficient (Wildman–Crippen LogP) is 28.6. The van der Waals surface area contributed by atoms with E-state index in [0.717, 1.165) is 32.1 Å². The second-order valence-corrected chi connectivity index (χ2v) is 33.0. The highest BCUT2D eigenvalue weighted by Crippen LogP contribution is 2.38. The van der Waals surface area contributed by atoms with Crippen molar-refractivity contribution in [3.05, 3.63) is 0 Å². The maximum absolute atomic E-state index is 12.9. The normalized spacial score (nSPS) is 12.9. The quantitative estimate of drug-likeness (QED) is 0.0256. The van der Waals surface area contributed by atoms with Crippen LogP contribution in [0.3, 0.4) is 0 Å². The fraction of sp³-hybridized carbons (Fsp3) is 0.977. The highest BCUT2D eigenvalue weighted by atomic mass is 31.2. The maximum atomic E-state index is 12.9. The second-order valence-electron chi connectivity index (χ2n) is 31.6. The number of phosphoric acid groups is 1. The third-order valence-corrected chi connectivity index (χ3v) is 21.6. The van der Waals surface area contributed by atoms with Crippen LogP contribution < -0.4 is 4.89 Å². The van der Waals surface area contributed by atoms with Gasteiger partial charge in [0.05, 0.1) is 27.7 Å². The number of rotatable bonds is 84. The van der Waals surface area contributed by atoms with E-state index in [4.69, 9.17) is 18.5 Å². The predicted molar refractivity (Wildman–Crippen MR) is 416 cm³/mol. The highest BCUT2D eigenvalue weighted by molar-refractivity contribution is 7.45. The maximum Gasteiger partial charge on any atom is 0.306 e. The van der Waals surface area contributed by atoms with Crippen LogP contribution in [0.5, 0.6) is 0 Å². The Hall–Kier alpha value is -0.990. The number of phosphoric ester groups is 1. The molecule has 0 saturated heterocycles. The lowest BCUT2D eigenvalue weighted by Gasteiger charge is -2.28. The Morgan fingerprint density at radius 2 is 0.469 bits per heavy atom. The minimum Gasteiger partial charge on any atom is -0.756 e. The third kappa shape index (κ3) is 82.0. The van der Waals surface area contributed by atoms with Gasteiger partial charge in [-0.15, -0.1) is 0 Å². The zero-order valence-corrected chi connectivity index (χ0v) is 66.8. The van der Waals surface area contributed by atoms with Gasteiger partial charge >= 0.3 is 11.9 Å². The monoisotopic (exact) mass is 1380 g/mol. The van der Waals surface area contributed by atoms with Gasteiger partial charge in [0.1, 0.15) is 19.8 Å². The van der Waals surface area contributed by atoms with Gasteiger partial charge in [-0.1, -0.05) is 463 Å². The van der Waals surface area contributed by atoms with Crippen LogP contribution in [-0.2, 0) is 32.7 Å². The van der Waals surface area contributed by atoms with Crippen LogP contribution in [0.15, 0.2) is 0 Å². The molecule has 2 atom stereocenters. The summed E-state index contributed by atoms with van der Waals surface area (Å²) < 4.78 is 34.5. The number of likely N-dealkylation sites (N-methyl/N-ethyl adjacent to an activating group) is 1. The average molecular weight is 1380 g/mol. The Labute approximate surface area is 601 Å². The van der Waals surface area contributed by atoms with Gasteiger partial charge in [0.2, 0.25) is 0 Å². The van der Waals surface area contributed by atoms with Crippen molar-refractivity contribution in [2.45, 2.75) is 495 Å². The second kappa shape index (κ2) is 78.2. The molecule has 0 aliphatic rings. The first-order chi connectivity index (χ1) is 47.0. The summed E-state index contributed by atoms with van der Waals surface area (Å²) >= 11 is 0. The molecule has 96 heavy (non-hydrogen) atoms. The lowest BCUT2D eigenvalue weighted by Crippen LogP contribution is -2.37. The Morgan fingerprint density at radius 3 is 0.667 bits per heavy atom. The summed E-state index contributed by atoms with van der Waals surface area (Å²) in [5.74, 6) is -0.798. The number of hydrogen-bond donors (Lipinski definition) is 0. The van der Waals surface area contributed by atoms with E-state index in [1.807, 2.05) is 21.1 Å². The lowest BCUT2D eigenvalue weighted by atomic mass is 10.0. The van der Waals surface area contributed by atoms with Crippen molar-refractivity contribution in [1.29, 1.82) is 0 Å². The summed E-state index contributed by atoms with van der Waals surface area (Å²) in [5, 5.41) is 0. The number of ether oxygens (including phenoxy) is 2. The van der Waals surface area contributed by atoms with Crippen LogP contribution in [0.2, 0.25) is 0 Å².